The Bertz CT molecular complexity index is 817. The van der Waals surface area contributed by atoms with Crippen molar-refractivity contribution < 1.29 is 28.5 Å². The van der Waals surface area contributed by atoms with Gasteiger partial charge in [-0.05, 0) is 55.3 Å². The Morgan fingerprint density at radius 1 is 1.00 bits per heavy atom. The summed E-state index contributed by atoms with van der Waals surface area (Å²) in [6.45, 7) is 6.67. The molecule has 7 nitrogen and oxygen atoms in total. The fraction of sp³-hybridized carbons (Fsp3) is 0.364. The van der Waals surface area contributed by atoms with E-state index in [1.165, 1.54) is 13.2 Å². The second-order valence-corrected chi connectivity index (χ2v) is 6.65. The number of carbonyl (C=O) groups is 2. The fourth-order valence-corrected chi connectivity index (χ4v) is 2.38. The molecule has 0 aliphatic carbocycles. The molecule has 2 aromatic rings. The highest BCUT2D eigenvalue weighted by atomic mass is 16.5. The number of hydrogen-bond acceptors (Lipinski definition) is 6. The van der Waals surface area contributed by atoms with Crippen molar-refractivity contribution in [1.29, 1.82) is 0 Å². The van der Waals surface area contributed by atoms with E-state index >= 15 is 0 Å². The van der Waals surface area contributed by atoms with Gasteiger partial charge < -0.3 is 24.3 Å². The average molecular weight is 401 g/mol. The summed E-state index contributed by atoms with van der Waals surface area (Å²) in [5.74, 6) is 0.988. The molecule has 0 saturated heterocycles. The summed E-state index contributed by atoms with van der Waals surface area (Å²) in [4.78, 5) is 24.3. The Balaban J connectivity index is 1.89. The Morgan fingerprint density at radius 3 is 2.34 bits per heavy atom. The maximum atomic E-state index is 12.2. The highest BCUT2D eigenvalue weighted by molar-refractivity contribution is 5.95. The van der Waals surface area contributed by atoms with Gasteiger partial charge in [0, 0.05) is 5.69 Å². The van der Waals surface area contributed by atoms with Gasteiger partial charge in [-0.3, -0.25) is 4.79 Å². The molecule has 7 heteroatoms. The van der Waals surface area contributed by atoms with Crippen molar-refractivity contribution in [3.8, 4) is 17.2 Å². The fourth-order valence-electron chi connectivity index (χ4n) is 2.38. The second-order valence-electron chi connectivity index (χ2n) is 6.65. The molecule has 0 aliphatic heterocycles. The Kier molecular flexibility index (Phi) is 8.33. The van der Waals surface area contributed by atoms with Gasteiger partial charge in [0.25, 0.3) is 5.91 Å². The third kappa shape index (κ3) is 7.03. The molecule has 0 bridgehead atoms. The Labute approximate surface area is 170 Å². The molecule has 0 heterocycles. The number of carbonyl (C=O) groups excluding carboxylic acids is 2. The number of rotatable bonds is 10. The van der Waals surface area contributed by atoms with Crippen LogP contribution in [0.4, 0.5) is 5.69 Å². The molecule has 29 heavy (non-hydrogen) atoms. The third-order valence-electron chi connectivity index (χ3n) is 3.75. The zero-order chi connectivity index (χ0) is 21.2. The first-order valence-corrected chi connectivity index (χ1v) is 9.43. The van der Waals surface area contributed by atoms with E-state index < -0.39 is 18.5 Å². The minimum Gasteiger partial charge on any atom is -0.494 e. The maximum absolute atomic E-state index is 12.2. The lowest BCUT2D eigenvalue weighted by atomic mass is 10.2. The summed E-state index contributed by atoms with van der Waals surface area (Å²) < 4.78 is 21.4. The van der Waals surface area contributed by atoms with E-state index in [-0.39, 0.29) is 5.56 Å². The van der Waals surface area contributed by atoms with Gasteiger partial charge >= 0.3 is 5.97 Å². The summed E-state index contributed by atoms with van der Waals surface area (Å²) >= 11 is 0. The lowest BCUT2D eigenvalue weighted by Gasteiger charge is -2.13. The molecule has 0 aromatic heterocycles. The summed E-state index contributed by atoms with van der Waals surface area (Å²) in [5.41, 5.74) is 0.857. The van der Waals surface area contributed by atoms with E-state index in [0.29, 0.717) is 42.1 Å². The van der Waals surface area contributed by atoms with Gasteiger partial charge in [0.05, 0.1) is 25.9 Å². The molecule has 0 unspecified atom stereocenters. The molecular weight excluding hydrogens is 374 g/mol. The maximum Gasteiger partial charge on any atom is 0.338 e. The van der Waals surface area contributed by atoms with Crippen molar-refractivity contribution in [2.45, 2.75) is 20.8 Å². The topological polar surface area (TPSA) is 83.1 Å². The molecule has 1 N–H and O–H groups in total. The van der Waals surface area contributed by atoms with Crippen molar-refractivity contribution in [2.75, 3.05) is 32.2 Å². The van der Waals surface area contributed by atoms with Gasteiger partial charge in [-0.25, -0.2) is 4.79 Å². The zero-order valence-corrected chi connectivity index (χ0v) is 17.2. The molecule has 0 aliphatic rings. The lowest BCUT2D eigenvalue weighted by Crippen LogP contribution is -2.21. The van der Waals surface area contributed by atoms with Crippen LogP contribution in [0.25, 0.3) is 0 Å². The van der Waals surface area contributed by atoms with Crippen LogP contribution in [0.3, 0.4) is 0 Å². The molecular formula is C22H27NO6. The molecule has 0 spiro atoms. The van der Waals surface area contributed by atoms with Gasteiger partial charge in [-0.1, -0.05) is 13.8 Å². The molecule has 2 rings (SSSR count). The van der Waals surface area contributed by atoms with Crippen LogP contribution in [0.1, 0.15) is 31.1 Å². The highest BCUT2D eigenvalue weighted by Crippen LogP contribution is 2.28. The minimum atomic E-state index is -0.624. The van der Waals surface area contributed by atoms with Crippen LogP contribution in [0, 0.1) is 5.92 Å². The smallest absolute Gasteiger partial charge is 0.338 e. The van der Waals surface area contributed by atoms with Crippen molar-refractivity contribution in [3.05, 3.63) is 48.0 Å². The van der Waals surface area contributed by atoms with Gasteiger partial charge in [0.1, 0.15) is 5.75 Å². The number of methoxy groups -OCH3 is 1. The van der Waals surface area contributed by atoms with Crippen LogP contribution in [0.15, 0.2) is 42.5 Å². The van der Waals surface area contributed by atoms with Crippen LogP contribution >= 0.6 is 0 Å². The van der Waals surface area contributed by atoms with Crippen molar-refractivity contribution in [2.24, 2.45) is 5.92 Å². The number of hydrogen-bond donors (Lipinski definition) is 1. The molecule has 0 atom stereocenters. The van der Waals surface area contributed by atoms with Gasteiger partial charge in [0.15, 0.2) is 18.1 Å². The molecule has 2 aromatic carbocycles. The van der Waals surface area contributed by atoms with Gasteiger partial charge in [-0.15, -0.1) is 0 Å². The standard InChI is InChI=1S/C22H27NO6/c1-5-27-18-9-7-17(8-10-18)23-21(24)14-29-22(25)16-6-11-19(20(12-16)26-4)28-13-15(2)3/h6-12,15H,5,13-14H2,1-4H3,(H,23,24). The first-order chi connectivity index (χ1) is 13.9. The second kappa shape index (κ2) is 10.9. The Hall–Kier alpha value is -3.22. The first-order valence-electron chi connectivity index (χ1n) is 9.43. The largest absolute Gasteiger partial charge is 0.494 e. The number of esters is 1. The molecule has 0 fully saturated rings. The number of amides is 1. The summed E-state index contributed by atoms with van der Waals surface area (Å²) in [5, 5.41) is 2.66. The van der Waals surface area contributed by atoms with Crippen LogP contribution in [0.5, 0.6) is 17.2 Å². The molecule has 0 saturated carbocycles. The normalized spacial score (nSPS) is 10.4. The van der Waals surface area contributed by atoms with E-state index in [2.05, 4.69) is 5.32 Å². The molecule has 1 amide bonds. The van der Waals surface area contributed by atoms with E-state index in [0.717, 1.165) is 0 Å². The SMILES string of the molecule is CCOc1ccc(NC(=O)COC(=O)c2ccc(OCC(C)C)c(OC)c2)cc1. The predicted molar refractivity (Wildman–Crippen MR) is 110 cm³/mol. The van der Waals surface area contributed by atoms with Crippen LogP contribution in [0.2, 0.25) is 0 Å². The van der Waals surface area contributed by atoms with E-state index in [9.17, 15) is 9.59 Å². The average Bonchev–Trinajstić information content (AvgIpc) is 2.72. The third-order valence-corrected chi connectivity index (χ3v) is 3.75. The number of anilines is 1. The zero-order valence-electron chi connectivity index (χ0n) is 17.2. The summed E-state index contributed by atoms with van der Waals surface area (Å²) in [6.07, 6.45) is 0. The summed E-state index contributed by atoms with van der Waals surface area (Å²) in [7, 11) is 1.50. The van der Waals surface area contributed by atoms with E-state index in [4.69, 9.17) is 18.9 Å². The quantitative estimate of drug-likeness (QED) is 0.608. The van der Waals surface area contributed by atoms with Crippen LogP contribution in [-0.2, 0) is 9.53 Å². The summed E-state index contributed by atoms with van der Waals surface area (Å²) in [6, 6.07) is 11.7. The number of benzene rings is 2. The highest BCUT2D eigenvalue weighted by Gasteiger charge is 2.14. The molecule has 156 valence electrons. The van der Waals surface area contributed by atoms with Gasteiger partial charge in [0.2, 0.25) is 0 Å². The van der Waals surface area contributed by atoms with Crippen LogP contribution in [-0.4, -0.2) is 38.8 Å². The number of ether oxygens (including phenoxy) is 4. The Morgan fingerprint density at radius 2 is 1.72 bits per heavy atom. The lowest BCUT2D eigenvalue weighted by molar-refractivity contribution is -0.119. The van der Waals surface area contributed by atoms with Crippen molar-refractivity contribution in [3.63, 3.8) is 0 Å². The monoisotopic (exact) mass is 401 g/mol. The predicted octanol–water partition coefficient (Wildman–Crippen LogP) is 3.92. The van der Waals surface area contributed by atoms with Crippen molar-refractivity contribution in [1.82, 2.24) is 0 Å². The van der Waals surface area contributed by atoms with Gasteiger partial charge in [-0.2, -0.15) is 0 Å². The van der Waals surface area contributed by atoms with Crippen molar-refractivity contribution >= 4 is 17.6 Å². The number of nitrogens with one attached hydrogen (secondary N) is 1. The van der Waals surface area contributed by atoms with E-state index in [1.807, 2.05) is 20.8 Å². The first kappa shape index (κ1) is 22.1. The minimum absolute atomic E-state index is 0.271. The van der Waals surface area contributed by atoms with E-state index in [1.54, 1.807) is 36.4 Å². The molecule has 0 radical (unpaired) electrons. The van der Waals surface area contributed by atoms with Crippen LogP contribution < -0.4 is 19.5 Å².